The van der Waals surface area contributed by atoms with Crippen molar-refractivity contribution in [2.24, 2.45) is 0 Å². The fraction of sp³-hybridized carbons (Fsp3) is 0.250. The molecule has 0 saturated heterocycles. The molecular weight excluding hydrogens is 476 g/mol. The average Bonchev–Trinajstić information content (AvgIpc) is 3.26. The Morgan fingerprint density at radius 3 is 2.53 bits per heavy atom. The summed E-state index contributed by atoms with van der Waals surface area (Å²) in [5.41, 5.74) is -2.01. The number of alkyl halides is 5. The number of halogens is 7. The largest absolute Gasteiger partial charge is 0.416 e. The second-order valence-corrected chi connectivity index (χ2v) is 7.92. The highest BCUT2D eigenvalue weighted by atomic mass is 35.5. The van der Waals surface area contributed by atoms with Crippen LogP contribution in [-0.2, 0) is 6.18 Å². The van der Waals surface area contributed by atoms with Crippen LogP contribution in [-0.4, -0.2) is 25.7 Å². The highest BCUT2D eigenvalue weighted by molar-refractivity contribution is 7.18. The van der Waals surface area contributed by atoms with Gasteiger partial charge in [0.05, 0.1) is 11.6 Å². The van der Waals surface area contributed by atoms with Crippen LogP contribution >= 0.6 is 34.5 Å². The molecule has 30 heavy (non-hydrogen) atoms. The lowest BCUT2D eigenvalue weighted by molar-refractivity contribution is -0.137. The fourth-order valence-corrected chi connectivity index (χ4v) is 3.79. The van der Waals surface area contributed by atoms with E-state index in [0.29, 0.717) is 12.1 Å². The number of aromatic nitrogens is 4. The molecule has 0 saturated carbocycles. The number of carbonyl (C=O) groups excluding carboxylic acids is 1. The number of rotatable bonds is 5. The predicted octanol–water partition coefficient (Wildman–Crippen LogP) is 5.48. The van der Waals surface area contributed by atoms with Gasteiger partial charge in [-0.05, 0) is 25.1 Å². The number of carbonyl (C=O) groups is 1. The molecule has 3 aromatic rings. The average molecular weight is 486 g/mol. The van der Waals surface area contributed by atoms with E-state index in [2.05, 4.69) is 20.4 Å². The summed E-state index contributed by atoms with van der Waals surface area (Å²) < 4.78 is 65.6. The van der Waals surface area contributed by atoms with E-state index in [1.165, 1.54) is 6.92 Å². The second-order valence-electron chi connectivity index (χ2n) is 5.91. The van der Waals surface area contributed by atoms with Crippen molar-refractivity contribution in [2.75, 3.05) is 0 Å². The van der Waals surface area contributed by atoms with E-state index in [1.807, 2.05) is 0 Å². The number of hydrogen-bond donors (Lipinski definition) is 1. The summed E-state index contributed by atoms with van der Waals surface area (Å²) in [5, 5.41) is 6.09. The molecule has 0 unspecified atom stereocenters. The minimum Gasteiger partial charge on any atom is -0.342 e. The van der Waals surface area contributed by atoms with E-state index in [1.54, 1.807) is 0 Å². The van der Waals surface area contributed by atoms with Crippen LogP contribution in [0.2, 0.25) is 9.36 Å². The van der Waals surface area contributed by atoms with Crippen molar-refractivity contribution in [3.63, 3.8) is 0 Å². The number of thiazole rings is 1. The number of nitrogens with one attached hydrogen (secondary N) is 1. The second kappa shape index (κ2) is 8.44. The molecule has 0 fully saturated rings. The van der Waals surface area contributed by atoms with E-state index < -0.39 is 35.8 Å². The topological polar surface area (TPSA) is 72.7 Å². The summed E-state index contributed by atoms with van der Waals surface area (Å²) in [5.74, 6) is -0.747. The highest BCUT2D eigenvalue weighted by Gasteiger charge is 2.32. The fourth-order valence-electron chi connectivity index (χ4n) is 2.45. The number of benzene rings is 1. The third-order valence-electron chi connectivity index (χ3n) is 3.78. The molecule has 0 radical (unpaired) electrons. The van der Waals surface area contributed by atoms with Gasteiger partial charge < -0.3 is 5.32 Å². The highest BCUT2D eigenvalue weighted by Crippen LogP contribution is 2.34. The summed E-state index contributed by atoms with van der Waals surface area (Å²) in [6.07, 6.45) is -6.47. The van der Waals surface area contributed by atoms with Crippen molar-refractivity contribution in [1.82, 2.24) is 25.1 Å². The monoisotopic (exact) mass is 485 g/mol. The summed E-state index contributed by atoms with van der Waals surface area (Å²) in [6.45, 7) is 1.48. The minimum atomic E-state index is -4.68. The van der Waals surface area contributed by atoms with Gasteiger partial charge in [-0.1, -0.05) is 34.5 Å². The van der Waals surface area contributed by atoms with Gasteiger partial charge >= 0.3 is 6.18 Å². The zero-order valence-corrected chi connectivity index (χ0v) is 17.0. The van der Waals surface area contributed by atoms with Gasteiger partial charge in [0.15, 0.2) is 5.82 Å². The van der Waals surface area contributed by atoms with Crippen LogP contribution in [0.1, 0.15) is 46.8 Å². The Morgan fingerprint density at radius 1 is 1.23 bits per heavy atom. The van der Waals surface area contributed by atoms with Gasteiger partial charge in [-0.2, -0.15) is 23.0 Å². The molecular formula is C16H10Cl2F5N5OS. The van der Waals surface area contributed by atoms with Crippen LogP contribution in [0, 0.1) is 0 Å². The Bertz CT molecular complexity index is 1080. The maximum Gasteiger partial charge on any atom is 0.416 e. The Hall–Kier alpha value is -2.31. The molecule has 0 aliphatic rings. The first-order chi connectivity index (χ1) is 14.0. The van der Waals surface area contributed by atoms with Crippen molar-refractivity contribution >= 4 is 40.4 Å². The Morgan fingerprint density at radius 2 is 1.93 bits per heavy atom. The van der Waals surface area contributed by atoms with Gasteiger partial charge in [-0.25, -0.2) is 18.7 Å². The number of hydrogen-bond acceptors (Lipinski definition) is 5. The van der Waals surface area contributed by atoms with Gasteiger partial charge in [-0.15, -0.1) is 0 Å². The van der Waals surface area contributed by atoms with Gasteiger partial charge in [0.25, 0.3) is 12.3 Å². The van der Waals surface area contributed by atoms with Crippen LogP contribution in [0.3, 0.4) is 0 Å². The van der Waals surface area contributed by atoms with Crippen molar-refractivity contribution < 1.29 is 26.7 Å². The van der Waals surface area contributed by atoms with E-state index in [4.69, 9.17) is 23.2 Å². The molecule has 1 N–H and O–H groups in total. The van der Waals surface area contributed by atoms with Crippen molar-refractivity contribution in [3.8, 4) is 5.13 Å². The van der Waals surface area contributed by atoms with Crippen LogP contribution in [0.5, 0.6) is 0 Å². The van der Waals surface area contributed by atoms with Crippen LogP contribution in [0.25, 0.3) is 5.13 Å². The quantitative estimate of drug-likeness (QED) is 0.485. The first-order valence-electron chi connectivity index (χ1n) is 8.00. The van der Waals surface area contributed by atoms with Gasteiger partial charge in [0.2, 0.25) is 5.13 Å². The smallest absolute Gasteiger partial charge is 0.342 e. The van der Waals surface area contributed by atoms with E-state index in [-0.39, 0.29) is 25.9 Å². The Balaban J connectivity index is 1.85. The van der Waals surface area contributed by atoms with Crippen LogP contribution < -0.4 is 5.32 Å². The molecule has 1 aromatic carbocycles. The van der Waals surface area contributed by atoms with Gasteiger partial charge in [0.1, 0.15) is 16.4 Å². The Kier molecular flexibility index (Phi) is 6.29. The molecule has 160 valence electrons. The molecule has 0 aliphatic carbocycles. The van der Waals surface area contributed by atoms with Crippen molar-refractivity contribution in [1.29, 1.82) is 0 Å². The first kappa shape index (κ1) is 22.4. The summed E-state index contributed by atoms with van der Waals surface area (Å²) in [4.78, 5) is 20.1. The molecule has 2 heterocycles. The lowest BCUT2D eigenvalue weighted by Gasteiger charge is -2.15. The third kappa shape index (κ3) is 4.71. The molecule has 6 nitrogen and oxygen atoms in total. The summed E-state index contributed by atoms with van der Waals surface area (Å²) in [7, 11) is 0. The number of amides is 1. The molecule has 0 aliphatic heterocycles. The summed E-state index contributed by atoms with van der Waals surface area (Å²) >= 11 is 12.2. The molecule has 1 atom stereocenters. The summed E-state index contributed by atoms with van der Waals surface area (Å²) in [6, 6.07) is 1.57. The molecule has 1 amide bonds. The maximum atomic E-state index is 12.9. The third-order valence-corrected chi connectivity index (χ3v) is 5.26. The van der Waals surface area contributed by atoms with Gasteiger partial charge in [0, 0.05) is 10.6 Å². The SMILES string of the molecule is C[C@H](NC(=O)c1cc(Cl)cc(C(F)(F)F)c1)c1ncnn1-c1nc(C(F)F)c(Cl)s1. The van der Waals surface area contributed by atoms with Crippen LogP contribution in [0.4, 0.5) is 22.0 Å². The first-order valence-corrected chi connectivity index (χ1v) is 9.58. The molecule has 0 spiro atoms. The molecule has 3 rings (SSSR count). The zero-order valence-electron chi connectivity index (χ0n) is 14.7. The number of nitrogens with zero attached hydrogens (tertiary/aromatic N) is 4. The standard InChI is InChI=1S/C16H10Cl2F5N5OS/c1-6(26-14(29)7-2-8(16(21,22)23)4-9(17)3-7)13-24-5-25-28(13)15-27-10(12(19)20)11(18)30-15/h2-6,12H,1H3,(H,26,29)/t6-/m0/s1. The lowest BCUT2D eigenvalue weighted by atomic mass is 10.1. The Labute approximate surface area is 179 Å². The van der Waals surface area contributed by atoms with Crippen LogP contribution in [0.15, 0.2) is 24.5 Å². The molecule has 2 aromatic heterocycles. The minimum absolute atomic E-state index is 0.00832. The van der Waals surface area contributed by atoms with E-state index in [9.17, 15) is 26.7 Å². The molecule has 0 bridgehead atoms. The maximum absolute atomic E-state index is 12.9. The van der Waals surface area contributed by atoms with Gasteiger partial charge in [-0.3, -0.25) is 4.79 Å². The lowest BCUT2D eigenvalue weighted by Crippen LogP contribution is -2.29. The van der Waals surface area contributed by atoms with E-state index in [0.717, 1.165) is 28.4 Å². The van der Waals surface area contributed by atoms with Crippen molar-refractivity contribution in [3.05, 3.63) is 56.5 Å². The van der Waals surface area contributed by atoms with E-state index >= 15 is 0 Å². The van der Waals surface area contributed by atoms with Crippen molar-refractivity contribution in [2.45, 2.75) is 25.6 Å². The molecule has 14 heteroatoms. The normalized spacial score (nSPS) is 13.0. The zero-order chi connectivity index (χ0) is 22.2. The predicted molar refractivity (Wildman–Crippen MR) is 99.3 cm³/mol.